The molecule has 4 rings (SSSR count). The maximum Gasteiger partial charge on any atom is 0.314 e. The molecule has 1 saturated carbocycles. The van der Waals surface area contributed by atoms with Crippen LogP contribution >= 0.6 is 11.6 Å². The average Bonchev–Trinajstić information content (AvgIpc) is 3.30. The van der Waals surface area contributed by atoms with E-state index in [1.807, 2.05) is 6.07 Å². The second kappa shape index (κ2) is 4.96. The van der Waals surface area contributed by atoms with Crippen molar-refractivity contribution in [2.24, 2.45) is 5.41 Å². The molecule has 2 heterocycles. The normalized spacial score (nSPS) is 19.3. The van der Waals surface area contributed by atoms with Gasteiger partial charge in [0.05, 0.1) is 9.95 Å². The Morgan fingerprint density at radius 2 is 2.00 bits per heavy atom. The predicted molar refractivity (Wildman–Crippen MR) is 88.2 cm³/mol. The predicted octanol–water partition coefficient (Wildman–Crippen LogP) is 3.88. The Morgan fingerprint density at radius 1 is 1.30 bits per heavy atom. The fourth-order valence-corrected chi connectivity index (χ4v) is 3.84. The van der Waals surface area contributed by atoms with Gasteiger partial charge in [-0.25, -0.2) is 0 Å². The van der Waals surface area contributed by atoms with E-state index >= 15 is 0 Å². The summed E-state index contributed by atoms with van der Waals surface area (Å²) in [6.07, 6.45) is 6.54. The van der Waals surface area contributed by atoms with E-state index in [1.54, 1.807) is 6.20 Å². The highest BCUT2D eigenvalue weighted by atomic mass is 35.5. The molecular weight excluding hydrogens is 318 g/mol. The summed E-state index contributed by atoms with van der Waals surface area (Å²) in [7, 11) is 0. The van der Waals surface area contributed by atoms with Crippen LogP contribution in [0.4, 0.5) is 11.4 Å². The Hall–Kier alpha value is -2.08. The Labute approximate surface area is 137 Å². The van der Waals surface area contributed by atoms with Crippen molar-refractivity contribution in [3.05, 3.63) is 33.5 Å². The number of anilines is 1. The van der Waals surface area contributed by atoms with E-state index < -0.39 is 16.4 Å². The number of nitro groups is 1. The fourth-order valence-electron chi connectivity index (χ4n) is 3.55. The average molecular weight is 334 g/mol. The molecule has 7 heteroatoms. The van der Waals surface area contributed by atoms with Crippen LogP contribution in [-0.4, -0.2) is 28.1 Å². The molecule has 1 aliphatic heterocycles. The van der Waals surface area contributed by atoms with Crippen molar-refractivity contribution >= 4 is 33.9 Å². The minimum Gasteiger partial charge on any atom is -0.501 e. The molecule has 0 unspecified atom stereocenters. The molecule has 6 nitrogen and oxygen atoms in total. The third-order valence-electron chi connectivity index (χ3n) is 5.22. The minimum absolute atomic E-state index is 0.188. The molecule has 120 valence electrons. The summed E-state index contributed by atoms with van der Waals surface area (Å²) in [5, 5.41) is 22.0. The third-order valence-corrected chi connectivity index (χ3v) is 5.51. The van der Waals surface area contributed by atoms with E-state index in [2.05, 4.69) is 9.88 Å². The Morgan fingerprint density at radius 3 is 2.61 bits per heavy atom. The largest absolute Gasteiger partial charge is 0.501 e. The van der Waals surface area contributed by atoms with Gasteiger partial charge in [-0.3, -0.25) is 15.1 Å². The van der Waals surface area contributed by atoms with Crippen LogP contribution in [0.1, 0.15) is 25.7 Å². The number of fused-ring (bicyclic) bond motifs is 1. The van der Waals surface area contributed by atoms with Gasteiger partial charge in [0.1, 0.15) is 5.52 Å². The molecule has 2 aromatic rings. The van der Waals surface area contributed by atoms with Crippen molar-refractivity contribution in [3.63, 3.8) is 0 Å². The van der Waals surface area contributed by atoms with Crippen LogP contribution in [-0.2, 0) is 0 Å². The van der Waals surface area contributed by atoms with Crippen molar-refractivity contribution in [3.8, 4) is 5.75 Å². The summed E-state index contributed by atoms with van der Waals surface area (Å²) in [5.41, 5.74) is 1.22. The molecule has 1 N–H and O–H groups in total. The van der Waals surface area contributed by atoms with Crippen LogP contribution in [0.15, 0.2) is 18.3 Å². The molecule has 2 fully saturated rings. The Balaban J connectivity index is 1.81. The van der Waals surface area contributed by atoms with E-state index in [1.165, 1.54) is 18.9 Å². The molecular formula is C16H16ClN3O3. The monoisotopic (exact) mass is 333 g/mol. The summed E-state index contributed by atoms with van der Waals surface area (Å²) >= 11 is 6.29. The first-order valence-electron chi connectivity index (χ1n) is 7.70. The molecule has 1 aromatic heterocycles. The summed E-state index contributed by atoms with van der Waals surface area (Å²) in [5.74, 6) is -0.424. The molecule has 0 radical (unpaired) electrons. The van der Waals surface area contributed by atoms with Crippen LogP contribution in [0.2, 0.25) is 5.02 Å². The number of halogens is 1. The van der Waals surface area contributed by atoms with Crippen LogP contribution in [0.5, 0.6) is 5.75 Å². The van der Waals surface area contributed by atoms with Gasteiger partial charge in [0.25, 0.3) is 0 Å². The highest BCUT2D eigenvalue weighted by molar-refractivity contribution is 6.37. The van der Waals surface area contributed by atoms with Gasteiger partial charge in [-0.2, -0.15) is 0 Å². The van der Waals surface area contributed by atoms with Crippen molar-refractivity contribution in [2.75, 3.05) is 18.0 Å². The van der Waals surface area contributed by atoms with Gasteiger partial charge in [0.15, 0.2) is 0 Å². The highest BCUT2D eigenvalue weighted by Gasteiger charge is 2.44. The number of aromatic hydroxyl groups is 1. The second-order valence-electron chi connectivity index (χ2n) is 6.52. The lowest BCUT2D eigenvalue weighted by Gasteiger charge is -2.34. The number of hydrogen-bond acceptors (Lipinski definition) is 5. The molecule has 1 aliphatic carbocycles. The van der Waals surface area contributed by atoms with E-state index in [4.69, 9.17) is 11.6 Å². The maximum absolute atomic E-state index is 11.0. The number of rotatable bonds is 2. The molecule has 0 bridgehead atoms. The summed E-state index contributed by atoms with van der Waals surface area (Å²) < 4.78 is 0. The van der Waals surface area contributed by atoms with Crippen molar-refractivity contribution in [1.29, 1.82) is 0 Å². The molecule has 1 saturated heterocycles. The van der Waals surface area contributed by atoms with E-state index in [9.17, 15) is 15.2 Å². The summed E-state index contributed by atoms with van der Waals surface area (Å²) in [4.78, 5) is 16.7. The first-order chi connectivity index (χ1) is 11.0. The number of phenolic OH excluding ortho intramolecular Hbond substituents is 1. The zero-order chi connectivity index (χ0) is 16.2. The lowest BCUT2D eigenvalue weighted by molar-refractivity contribution is -0.385. The smallest absolute Gasteiger partial charge is 0.314 e. The van der Waals surface area contributed by atoms with Gasteiger partial charge in [-0.1, -0.05) is 11.6 Å². The zero-order valence-electron chi connectivity index (χ0n) is 12.5. The highest BCUT2D eigenvalue weighted by Crippen LogP contribution is 2.54. The summed E-state index contributed by atoms with van der Waals surface area (Å²) in [6.45, 7) is 1.88. The number of phenols is 1. The van der Waals surface area contributed by atoms with Gasteiger partial charge in [-0.05, 0) is 37.2 Å². The third kappa shape index (κ3) is 2.28. The number of pyridine rings is 1. The standard InChI is InChI=1S/C16H16ClN3O3/c17-10-9-12(20(22)23)15(21)14-13(10)11(1-6-18-14)19-7-4-16(2-3-16)5-8-19/h1,6,9,21H,2-5,7-8H2. The molecule has 1 aromatic carbocycles. The van der Waals surface area contributed by atoms with Crippen molar-refractivity contribution < 1.29 is 10.0 Å². The number of nitrogens with zero attached hydrogens (tertiary/aromatic N) is 3. The lowest BCUT2D eigenvalue weighted by Crippen LogP contribution is -2.34. The summed E-state index contributed by atoms with van der Waals surface area (Å²) in [6, 6.07) is 3.07. The van der Waals surface area contributed by atoms with E-state index in [-0.39, 0.29) is 10.5 Å². The van der Waals surface area contributed by atoms with Crippen LogP contribution < -0.4 is 4.90 Å². The second-order valence-corrected chi connectivity index (χ2v) is 6.93. The maximum atomic E-state index is 11.0. The number of piperidine rings is 1. The van der Waals surface area contributed by atoms with Crippen LogP contribution in [0.25, 0.3) is 10.9 Å². The zero-order valence-corrected chi connectivity index (χ0v) is 13.2. The molecule has 2 aliphatic rings. The van der Waals surface area contributed by atoms with Gasteiger partial charge < -0.3 is 10.0 Å². The van der Waals surface area contributed by atoms with Crippen molar-refractivity contribution in [1.82, 2.24) is 4.98 Å². The number of nitro benzene ring substituents is 1. The van der Waals surface area contributed by atoms with Crippen LogP contribution in [0, 0.1) is 15.5 Å². The van der Waals surface area contributed by atoms with Gasteiger partial charge >= 0.3 is 5.69 Å². The number of aromatic nitrogens is 1. The molecule has 0 amide bonds. The van der Waals surface area contributed by atoms with E-state index in [0.717, 1.165) is 31.6 Å². The van der Waals surface area contributed by atoms with Crippen LogP contribution in [0.3, 0.4) is 0 Å². The Kier molecular flexibility index (Phi) is 3.13. The Bertz CT molecular complexity index is 810. The molecule has 23 heavy (non-hydrogen) atoms. The number of benzene rings is 1. The van der Waals surface area contributed by atoms with E-state index in [0.29, 0.717) is 10.8 Å². The minimum atomic E-state index is -0.646. The van der Waals surface area contributed by atoms with Gasteiger partial charge in [0, 0.05) is 36.4 Å². The lowest BCUT2D eigenvalue weighted by atomic mass is 9.93. The topological polar surface area (TPSA) is 79.5 Å². The van der Waals surface area contributed by atoms with Gasteiger partial charge in [0.2, 0.25) is 5.75 Å². The van der Waals surface area contributed by atoms with Crippen molar-refractivity contribution in [2.45, 2.75) is 25.7 Å². The molecule has 0 atom stereocenters. The molecule has 1 spiro atoms. The fraction of sp³-hybridized carbons (Fsp3) is 0.438. The first-order valence-corrected chi connectivity index (χ1v) is 8.08. The quantitative estimate of drug-likeness (QED) is 0.666. The first kappa shape index (κ1) is 14.5. The SMILES string of the molecule is O=[N+]([O-])c1cc(Cl)c2c(N3CCC4(CC3)CC4)ccnc2c1O. The van der Waals surface area contributed by atoms with Gasteiger partial charge in [-0.15, -0.1) is 0 Å². The number of hydrogen-bond donors (Lipinski definition) is 1.